The number of nitrogens with zero attached hydrogens (tertiary/aromatic N) is 1. The van der Waals surface area contributed by atoms with E-state index >= 15 is 0 Å². The van der Waals surface area contributed by atoms with Crippen molar-refractivity contribution in [2.45, 2.75) is 19.1 Å². The first kappa shape index (κ1) is 15.1. The summed E-state index contributed by atoms with van der Waals surface area (Å²) in [6.07, 6.45) is 3.47. The molecule has 0 aliphatic heterocycles. The van der Waals surface area contributed by atoms with Crippen molar-refractivity contribution < 1.29 is 14.3 Å². The molecule has 6 nitrogen and oxygen atoms in total. The highest BCUT2D eigenvalue weighted by atomic mass is 16.5. The van der Waals surface area contributed by atoms with Gasteiger partial charge in [-0.1, -0.05) is 30.3 Å². The number of carbonyl (C=O) groups is 1. The van der Waals surface area contributed by atoms with Crippen molar-refractivity contribution >= 4 is 6.09 Å². The Morgan fingerprint density at radius 3 is 2.86 bits per heavy atom. The van der Waals surface area contributed by atoms with Crippen LogP contribution in [0.4, 0.5) is 4.79 Å². The van der Waals surface area contributed by atoms with Crippen LogP contribution < -0.4 is 5.32 Å². The Kier molecular flexibility index (Phi) is 5.78. The highest BCUT2D eigenvalue weighted by Crippen LogP contribution is 2.02. The van der Waals surface area contributed by atoms with Gasteiger partial charge in [-0.3, -0.25) is 0 Å². The van der Waals surface area contributed by atoms with Crippen molar-refractivity contribution in [3.63, 3.8) is 0 Å². The second kappa shape index (κ2) is 8.06. The van der Waals surface area contributed by atoms with Crippen LogP contribution in [0.5, 0.6) is 0 Å². The van der Waals surface area contributed by atoms with E-state index in [9.17, 15) is 4.79 Å². The summed E-state index contributed by atoms with van der Waals surface area (Å²) in [5, 5.41) is 2.79. The van der Waals surface area contributed by atoms with Crippen molar-refractivity contribution in [3.05, 3.63) is 54.1 Å². The van der Waals surface area contributed by atoms with Crippen LogP contribution in [-0.2, 0) is 22.5 Å². The van der Waals surface area contributed by atoms with Crippen molar-refractivity contribution in [1.82, 2.24) is 15.3 Å². The molecule has 6 heteroatoms. The highest BCUT2D eigenvalue weighted by Gasteiger charge is 2.14. The first-order chi connectivity index (χ1) is 10.3. The predicted molar refractivity (Wildman–Crippen MR) is 77.7 cm³/mol. The molecule has 21 heavy (non-hydrogen) atoms. The minimum absolute atomic E-state index is 0.168. The minimum atomic E-state index is -0.458. The number of benzene rings is 1. The molecule has 2 N–H and O–H groups in total. The number of aromatic amines is 1. The summed E-state index contributed by atoms with van der Waals surface area (Å²) in [6, 6.07) is 9.38. The molecule has 0 bridgehead atoms. The zero-order valence-electron chi connectivity index (χ0n) is 11.9. The second-order valence-corrected chi connectivity index (χ2v) is 4.64. The minimum Gasteiger partial charge on any atom is -0.445 e. The summed E-state index contributed by atoms with van der Waals surface area (Å²) >= 11 is 0. The third-order valence-corrected chi connectivity index (χ3v) is 2.92. The summed E-state index contributed by atoms with van der Waals surface area (Å²) in [5.41, 5.74) is 1.88. The van der Waals surface area contributed by atoms with Crippen molar-refractivity contribution in [2.75, 3.05) is 13.7 Å². The van der Waals surface area contributed by atoms with Gasteiger partial charge < -0.3 is 19.8 Å². The van der Waals surface area contributed by atoms with Crippen molar-refractivity contribution in [3.8, 4) is 0 Å². The van der Waals surface area contributed by atoms with Crippen LogP contribution in [0.25, 0.3) is 0 Å². The summed E-state index contributed by atoms with van der Waals surface area (Å²) in [4.78, 5) is 18.8. The summed E-state index contributed by atoms with van der Waals surface area (Å²) in [6.45, 7) is 0.649. The molecule has 0 fully saturated rings. The third kappa shape index (κ3) is 5.27. The molecule has 1 heterocycles. The topological polar surface area (TPSA) is 76.2 Å². The molecular formula is C15H19N3O3. The number of alkyl carbamates (subject to hydrolysis) is 1. The standard InChI is InChI=1S/C15H19N3O3/c1-20-10-14(7-13-8-16-11-17-13)18-15(19)21-9-12-5-3-2-4-6-12/h2-6,8,11,14H,7,9-10H2,1H3,(H,16,17)(H,18,19)/t14-/m0/s1. The lowest BCUT2D eigenvalue weighted by Crippen LogP contribution is -2.40. The first-order valence-corrected chi connectivity index (χ1v) is 6.71. The number of hydrogen-bond acceptors (Lipinski definition) is 4. The number of H-pyrrole nitrogens is 1. The van der Waals surface area contributed by atoms with Gasteiger partial charge in [-0.05, 0) is 5.56 Å². The lowest BCUT2D eigenvalue weighted by molar-refractivity contribution is 0.120. The maximum Gasteiger partial charge on any atom is 0.407 e. The molecule has 0 unspecified atom stereocenters. The van der Waals surface area contributed by atoms with E-state index in [1.54, 1.807) is 19.6 Å². The maximum atomic E-state index is 11.8. The van der Waals surface area contributed by atoms with Gasteiger partial charge in [0, 0.05) is 25.4 Å². The van der Waals surface area contributed by atoms with Crippen LogP contribution in [0.2, 0.25) is 0 Å². The fraction of sp³-hybridized carbons (Fsp3) is 0.333. The molecule has 1 aromatic carbocycles. The van der Waals surface area contributed by atoms with Gasteiger partial charge in [0.1, 0.15) is 6.61 Å². The first-order valence-electron chi connectivity index (χ1n) is 6.71. The Labute approximate surface area is 123 Å². The van der Waals surface area contributed by atoms with Gasteiger partial charge in [0.2, 0.25) is 0 Å². The van der Waals surface area contributed by atoms with Crippen molar-refractivity contribution in [2.24, 2.45) is 0 Å². The lowest BCUT2D eigenvalue weighted by Gasteiger charge is -2.17. The highest BCUT2D eigenvalue weighted by molar-refractivity contribution is 5.67. The van der Waals surface area contributed by atoms with Crippen LogP contribution in [0.15, 0.2) is 42.9 Å². The third-order valence-electron chi connectivity index (χ3n) is 2.92. The summed E-state index contributed by atoms with van der Waals surface area (Å²) in [5.74, 6) is 0. The van der Waals surface area contributed by atoms with Gasteiger partial charge in [0.15, 0.2) is 0 Å². The molecule has 1 amide bonds. The molecule has 0 spiro atoms. The Bertz CT molecular complexity index is 528. The normalized spacial score (nSPS) is 11.9. The number of rotatable bonds is 7. The van der Waals surface area contributed by atoms with E-state index in [-0.39, 0.29) is 12.6 Å². The van der Waals surface area contributed by atoms with Crippen LogP contribution in [0, 0.1) is 0 Å². The number of imidazole rings is 1. The Morgan fingerprint density at radius 2 is 2.19 bits per heavy atom. The molecule has 0 radical (unpaired) electrons. The number of ether oxygens (including phenoxy) is 2. The maximum absolute atomic E-state index is 11.8. The molecule has 0 saturated carbocycles. The van der Waals surface area contributed by atoms with Gasteiger partial charge in [0.05, 0.1) is 19.0 Å². The predicted octanol–water partition coefficient (Wildman–Crippen LogP) is 1.89. The zero-order valence-corrected chi connectivity index (χ0v) is 11.9. The molecule has 112 valence electrons. The van der Waals surface area contributed by atoms with Gasteiger partial charge in [-0.25, -0.2) is 9.78 Å². The monoisotopic (exact) mass is 289 g/mol. The van der Waals surface area contributed by atoms with Gasteiger partial charge in [-0.15, -0.1) is 0 Å². The van der Waals surface area contributed by atoms with E-state index < -0.39 is 6.09 Å². The number of hydrogen-bond donors (Lipinski definition) is 2. The Morgan fingerprint density at radius 1 is 1.38 bits per heavy atom. The molecule has 1 atom stereocenters. The second-order valence-electron chi connectivity index (χ2n) is 4.64. The zero-order chi connectivity index (χ0) is 14.9. The quantitative estimate of drug-likeness (QED) is 0.816. The van der Waals surface area contributed by atoms with E-state index in [1.807, 2.05) is 30.3 Å². The average Bonchev–Trinajstić information content (AvgIpc) is 2.99. The Hall–Kier alpha value is -2.34. The van der Waals surface area contributed by atoms with Crippen LogP contribution in [0.1, 0.15) is 11.3 Å². The molecule has 0 saturated heterocycles. The van der Waals surface area contributed by atoms with E-state index in [2.05, 4.69) is 15.3 Å². The summed E-state index contributed by atoms with van der Waals surface area (Å²) < 4.78 is 10.3. The summed E-state index contributed by atoms with van der Waals surface area (Å²) in [7, 11) is 1.59. The lowest BCUT2D eigenvalue weighted by atomic mass is 10.2. The number of carbonyl (C=O) groups excluding carboxylic acids is 1. The van der Waals surface area contributed by atoms with Gasteiger partial charge in [0.25, 0.3) is 0 Å². The SMILES string of the molecule is COC[C@H](Cc1cnc[nH]1)NC(=O)OCc1ccccc1. The van der Waals surface area contributed by atoms with Crippen LogP contribution in [0.3, 0.4) is 0 Å². The van der Waals surface area contributed by atoms with E-state index in [0.717, 1.165) is 11.3 Å². The molecule has 0 aliphatic carbocycles. The number of methoxy groups -OCH3 is 1. The van der Waals surface area contributed by atoms with Gasteiger partial charge >= 0.3 is 6.09 Å². The van der Waals surface area contributed by atoms with Crippen molar-refractivity contribution in [1.29, 1.82) is 0 Å². The average molecular weight is 289 g/mol. The fourth-order valence-corrected chi connectivity index (χ4v) is 1.95. The molecule has 0 aliphatic rings. The fourth-order valence-electron chi connectivity index (χ4n) is 1.95. The van der Waals surface area contributed by atoms with Crippen LogP contribution >= 0.6 is 0 Å². The number of aromatic nitrogens is 2. The molecule has 2 rings (SSSR count). The largest absolute Gasteiger partial charge is 0.445 e. The molecular weight excluding hydrogens is 270 g/mol. The Balaban J connectivity index is 1.80. The molecule has 1 aromatic heterocycles. The number of nitrogens with one attached hydrogen (secondary N) is 2. The van der Waals surface area contributed by atoms with E-state index in [4.69, 9.17) is 9.47 Å². The van der Waals surface area contributed by atoms with E-state index in [1.165, 1.54) is 0 Å². The van der Waals surface area contributed by atoms with Gasteiger partial charge in [-0.2, -0.15) is 0 Å². The molecule has 2 aromatic rings. The van der Waals surface area contributed by atoms with E-state index in [0.29, 0.717) is 13.0 Å². The number of amides is 1. The smallest absolute Gasteiger partial charge is 0.407 e. The van der Waals surface area contributed by atoms with Crippen LogP contribution in [-0.4, -0.2) is 35.8 Å².